The standard InChI is InChI=1S/C28H31N3O3/c1-4-12-28(13-5-1,34-23-10-11-26-27(19-23)33-21-32-26)31-17-15-30(16-18-31)14-6-7-22-20-29-25-9-3-2-8-24(22)25/h1-5,8-12,19-20,29H,6-7,13-18,21H2. The molecule has 0 bridgehead atoms. The van der Waals surface area contributed by atoms with Gasteiger partial charge in [-0.05, 0) is 49.2 Å². The molecule has 1 saturated heterocycles. The van der Waals surface area contributed by atoms with Gasteiger partial charge in [0.2, 0.25) is 6.79 Å². The van der Waals surface area contributed by atoms with E-state index in [-0.39, 0.29) is 6.79 Å². The number of H-pyrrole nitrogens is 1. The van der Waals surface area contributed by atoms with E-state index >= 15 is 0 Å². The van der Waals surface area contributed by atoms with Crippen LogP contribution in [0, 0.1) is 0 Å². The molecule has 1 aromatic heterocycles. The lowest BCUT2D eigenvalue weighted by atomic mass is 10.0. The van der Waals surface area contributed by atoms with Gasteiger partial charge in [0.05, 0.1) is 0 Å². The predicted molar refractivity (Wildman–Crippen MR) is 133 cm³/mol. The summed E-state index contributed by atoms with van der Waals surface area (Å²) in [4.78, 5) is 8.46. The molecule has 176 valence electrons. The van der Waals surface area contributed by atoms with Gasteiger partial charge < -0.3 is 24.1 Å². The van der Waals surface area contributed by atoms with Gasteiger partial charge in [0.1, 0.15) is 5.75 Å². The molecule has 6 heteroatoms. The molecule has 1 fully saturated rings. The number of aromatic nitrogens is 1. The van der Waals surface area contributed by atoms with Crippen LogP contribution in [-0.4, -0.2) is 60.0 Å². The van der Waals surface area contributed by atoms with Crippen LogP contribution in [0.25, 0.3) is 10.9 Å². The van der Waals surface area contributed by atoms with Gasteiger partial charge in [-0.3, -0.25) is 4.90 Å². The number of piperazine rings is 1. The highest BCUT2D eigenvalue weighted by Crippen LogP contribution is 2.38. The predicted octanol–water partition coefficient (Wildman–Crippen LogP) is 4.74. The Bertz CT molecular complexity index is 1210. The van der Waals surface area contributed by atoms with Crippen molar-refractivity contribution < 1.29 is 14.2 Å². The summed E-state index contributed by atoms with van der Waals surface area (Å²) in [6, 6.07) is 14.4. The third kappa shape index (κ3) is 4.19. The molecule has 0 radical (unpaired) electrons. The third-order valence-corrected chi connectivity index (χ3v) is 7.16. The summed E-state index contributed by atoms with van der Waals surface area (Å²) in [5.74, 6) is 2.34. The zero-order valence-electron chi connectivity index (χ0n) is 19.4. The number of benzene rings is 2. The molecule has 1 unspecified atom stereocenters. The maximum absolute atomic E-state index is 6.64. The van der Waals surface area contributed by atoms with Crippen molar-refractivity contribution in [2.45, 2.75) is 25.0 Å². The Morgan fingerprint density at radius 3 is 2.74 bits per heavy atom. The van der Waals surface area contributed by atoms with Crippen LogP contribution in [0.2, 0.25) is 0 Å². The minimum atomic E-state index is -0.460. The second-order valence-corrected chi connectivity index (χ2v) is 9.25. The molecule has 0 amide bonds. The van der Waals surface area contributed by atoms with Gasteiger partial charge in [-0.1, -0.05) is 36.4 Å². The summed E-state index contributed by atoms with van der Waals surface area (Å²) in [7, 11) is 0. The Balaban J connectivity index is 1.06. The van der Waals surface area contributed by atoms with Gasteiger partial charge in [-0.25, -0.2) is 0 Å². The van der Waals surface area contributed by atoms with Gasteiger partial charge in [0.25, 0.3) is 0 Å². The first-order valence-electron chi connectivity index (χ1n) is 12.2. The molecule has 1 N–H and O–H groups in total. The second-order valence-electron chi connectivity index (χ2n) is 9.25. The molecule has 3 aliphatic rings. The van der Waals surface area contributed by atoms with Crippen molar-refractivity contribution in [1.29, 1.82) is 0 Å². The molecule has 6 rings (SSSR count). The molecule has 3 heterocycles. The minimum Gasteiger partial charge on any atom is -0.469 e. The number of ether oxygens (including phenoxy) is 3. The maximum atomic E-state index is 6.64. The van der Waals surface area contributed by atoms with Crippen LogP contribution in [-0.2, 0) is 6.42 Å². The van der Waals surface area contributed by atoms with Gasteiger partial charge in [0, 0.05) is 55.8 Å². The zero-order chi connectivity index (χ0) is 22.8. The Hall–Kier alpha value is -3.22. The van der Waals surface area contributed by atoms with Crippen LogP contribution in [0.4, 0.5) is 0 Å². The number of allylic oxidation sites excluding steroid dienone is 2. The molecule has 1 atom stereocenters. The molecule has 2 aliphatic heterocycles. The van der Waals surface area contributed by atoms with E-state index in [2.05, 4.69) is 69.6 Å². The third-order valence-electron chi connectivity index (χ3n) is 7.16. The van der Waals surface area contributed by atoms with Crippen LogP contribution in [0.15, 0.2) is 73.0 Å². The van der Waals surface area contributed by atoms with E-state index in [0.29, 0.717) is 0 Å². The molecule has 0 spiro atoms. The number of aromatic amines is 1. The molecule has 1 aliphatic carbocycles. The van der Waals surface area contributed by atoms with E-state index in [4.69, 9.17) is 14.2 Å². The zero-order valence-corrected chi connectivity index (χ0v) is 19.4. The molecule has 6 nitrogen and oxygen atoms in total. The Kier molecular flexibility index (Phi) is 5.77. The number of hydrogen-bond acceptors (Lipinski definition) is 5. The lowest BCUT2D eigenvalue weighted by molar-refractivity contribution is -0.0664. The van der Waals surface area contributed by atoms with Crippen molar-refractivity contribution in [3.8, 4) is 17.2 Å². The number of aryl methyl sites for hydroxylation is 1. The highest BCUT2D eigenvalue weighted by molar-refractivity contribution is 5.83. The van der Waals surface area contributed by atoms with Gasteiger partial charge in [0.15, 0.2) is 17.2 Å². The smallest absolute Gasteiger partial charge is 0.231 e. The molecular weight excluding hydrogens is 426 g/mol. The highest BCUT2D eigenvalue weighted by Gasteiger charge is 2.38. The number of fused-ring (bicyclic) bond motifs is 2. The SMILES string of the molecule is C1=CCC(Oc2ccc3c(c2)OCO3)(N2CCN(CCCc3c[nH]c4ccccc34)CC2)C=C1. The quantitative estimate of drug-likeness (QED) is 0.556. The first kappa shape index (κ1) is 21.3. The monoisotopic (exact) mass is 457 g/mol. The number of nitrogens with one attached hydrogen (secondary N) is 1. The van der Waals surface area contributed by atoms with Crippen LogP contribution < -0.4 is 14.2 Å². The highest BCUT2D eigenvalue weighted by atomic mass is 16.7. The topological polar surface area (TPSA) is 50.0 Å². The van der Waals surface area contributed by atoms with Crippen molar-refractivity contribution in [2.75, 3.05) is 39.5 Å². The molecule has 3 aromatic rings. The van der Waals surface area contributed by atoms with Crippen molar-refractivity contribution in [1.82, 2.24) is 14.8 Å². The lowest BCUT2D eigenvalue weighted by Crippen LogP contribution is -2.59. The lowest BCUT2D eigenvalue weighted by Gasteiger charge is -2.46. The Labute approximate surface area is 200 Å². The summed E-state index contributed by atoms with van der Waals surface area (Å²) in [5, 5.41) is 1.35. The van der Waals surface area contributed by atoms with Crippen LogP contribution in [0.1, 0.15) is 18.4 Å². The average molecular weight is 458 g/mol. The van der Waals surface area contributed by atoms with Crippen molar-refractivity contribution >= 4 is 10.9 Å². The summed E-state index contributed by atoms with van der Waals surface area (Å²) < 4.78 is 17.6. The van der Waals surface area contributed by atoms with E-state index in [1.165, 1.54) is 22.9 Å². The largest absolute Gasteiger partial charge is 0.469 e. The van der Waals surface area contributed by atoms with Gasteiger partial charge in [-0.2, -0.15) is 0 Å². The minimum absolute atomic E-state index is 0.273. The fraction of sp³-hybridized carbons (Fsp3) is 0.357. The van der Waals surface area contributed by atoms with Crippen molar-refractivity contribution in [2.24, 2.45) is 0 Å². The number of hydrogen-bond donors (Lipinski definition) is 1. The van der Waals surface area contributed by atoms with Crippen molar-refractivity contribution in [3.05, 3.63) is 78.5 Å². The summed E-state index contributed by atoms with van der Waals surface area (Å²) in [5.41, 5.74) is 2.19. The van der Waals surface area contributed by atoms with E-state index < -0.39 is 5.72 Å². The fourth-order valence-corrected chi connectivity index (χ4v) is 5.29. The van der Waals surface area contributed by atoms with Gasteiger partial charge >= 0.3 is 0 Å². The Morgan fingerprint density at radius 2 is 1.85 bits per heavy atom. The van der Waals surface area contributed by atoms with Crippen LogP contribution >= 0.6 is 0 Å². The summed E-state index contributed by atoms with van der Waals surface area (Å²) >= 11 is 0. The second kappa shape index (κ2) is 9.20. The van der Waals surface area contributed by atoms with Gasteiger partial charge in [-0.15, -0.1) is 0 Å². The first-order valence-corrected chi connectivity index (χ1v) is 12.2. The fourth-order valence-electron chi connectivity index (χ4n) is 5.29. The average Bonchev–Trinajstić information content (AvgIpc) is 3.52. The number of rotatable bonds is 7. The molecule has 2 aromatic carbocycles. The molecule has 0 saturated carbocycles. The number of para-hydroxylation sites is 1. The summed E-state index contributed by atoms with van der Waals surface area (Å²) in [6.07, 6.45) is 13.9. The van der Waals surface area contributed by atoms with Crippen LogP contribution in [0.5, 0.6) is 17.2 Å². The molecular formula is C28H31N3O3. The van der Waals surface area contributed by atoms with E-state index in [1.807, 2.05) is 18.2 Å². The van der Waals surface area contributed by atoms with E-state index in [0.717, 1.165) is 62.8 Å². The Morgan fingerprint density at radius 1 is 0.971 bits per heavy atom. The molecule has 34 heavy (non-hydrogen) atoms. The van der Waals surface area contributed by atoms with Crippen molar-refractivity contribution in [3.63, 3.8) is 0 Å². The normalized spacial score (nSPS) is 22.5. The van der Waals surface area contributed by atoms with E-state index in [9.17, 15) is 0 Å². The summed E-state index contributed by atoms with van der Waals surface area (Å²) in [6.45, 7) is 5.47. The maximum Gasteiger partial charge on any atom is 0.231 e. The first-order chi connectivity index (χ1) is 16.8. The van der Waals surface area contributed by atoms with Crippen LogP contribution in [0.3, 0.4) is 0 Å². The van der Waals surface area contributed by atoms with E-state index in [1.54, 1.807) is 0 Å². The number of nitrogens with zero attached hydrogens (tertiary/aromatic N) is 2.